The molecule has 1 unspecified atom stereocenters. The van der Waals surface area contributed by atoms with Crippen LogP contribution in [0, 0.1) is 19.8 Å². The Balaban J connectivity index is 1.39. The Bertz CT molecular complexity index is 1190. The summed E-state index contributed by atoms with van der Waals surface area (Å²) in [5.74, 6) is -0.410. The van der Waals surface area contributed by atoms with Gasteiger partial charge in [-0.2, -0.15) is 4.31 Å². The van der Waals surface area contributed by atoms with Gasteiger partial charge in [0, 0.05) is 13.1 Å². The van der Waals surface area contributed by atoms with Crippen molar-refractivity contribution in [3.8, 4) is 0 Å². The van der Waals surface area contributed by atoms with Crippen molar-refractivity contribution in [3.63, 3.8) is 0 Å². The van der Waals surface area contributed by atoms with Crippen LogP contribution in [0.25, 0.3) is 0 Å². The molecule has 1 atom stereocenters. The number of carbonyl (C=O) groups is 1. The van der Waals surface area contributed by atoms with Gasteiger partial charge in [0.2, 0.25) is 21.8 Å². The second-order valence-corrected chi connectivity index (χ2v) is 10.1. The topological polar surface area (TPSA) is 105 Å². The van der Waals surface area contributed by atoms with E-state index in [1.54, 1.807) is 24.3 Å². The smallest absolute Gasteiger partial charge is 0.322 e. The molecule has 1 saturated heterocycles. The molecule has 1 aliphatic rings. The first kappa shape index (κ1) is 22.2. The maximum Gasteiger partial charge on any atom is 0.322 e. The largest absolute Gasteiger partial charge is 0.407 e. The summed E-state index contributed by atoms with van der Waals surface area (Å²) < 4.78 is 32.9. The average Bonchev–Trinajstić information content (AvgIpc) is 3.22. The van der Waals surface area contributed by atoms with Crippen molar-refractivity contribution in [2.45, 2.75) is 38.0 Å². The van der Waals surface area contributed by atoms with E-state index in [2.05, 4.69) is 15.5 Å². The molecule has 1 amide bonds. The molecule has 2 heterocycles. The van der Waals surface area contributed by atoms with Crippen molar-refractivity contribution in [1.29, 1.82) is 0 Å². The zero-order valence-electron chi connectivity index (χ0n) is 18.1. The highest BCUT2D eigenvalue weighted by molar-refractivity contribution is 7.89. The molecule has 0 aliphatic carbocycles. The van der Waals surface area contributed by atoms with E-state index in [0.717, 1.165) is 16.7 Å². The number of aryl methyl sites for hydroxylation is 2. The lowest BCUT2D eigenvalue weighted by molar-refractivity contribution is -0.121. The normalized spacial score (nSPS) is 17.2. The molecule has 2 aromatic carbocycles. The average molecular weight is 455 g/mol. The van der Waals surface area contributed by atoms with E-state index in [0.29, 0.717) is 31.7 Å². The Morgan fingerprint density at radius 3 is 2.41 bits per heavy atom. The third-order valence-corrected chi connectivity index (χ3v) is 7.47. The number of carbonyl (C=O) groups excluding carboxylic acids is 1. The van der Waals surface area contributed by atoms with Gasteiger partial charge in [-0.15, -0.1) is 5.10 Å². The van der Waals surface area contributed by atoms with Crippen LogP contribution < -0.4 is 5.32 Å². The zero-order valence-corrected chi connectivity index (χ0v) is 18.9. The Morgan fingerprint density at radius 1 is 1.06 bits per heavy atom. The van der Waals surface area contributed by atoms with Crippen molar-refractivity contribution >= 4 is 21.9 Å². The minimum atomic E-state index is -3.65. The number of sulfonamides is 1. The Labute approximate surface area is 187 Å². The second-order valence-electron chi connectivity index (χ2n) is 8.17. The maximum atomic E-state index is 13.0. The molecular weight excluding hydrogens is 428 g/mol. The molecule has 0 radical (unpaired) electrons. The Hall–Kier alpha value is -3.04. The van der Waals surface area contributed by atoms with E-state index >= 15 is 0 Å². The molecule has 1 N–H and O–H groups in total. The number of benzene rings is 2. The Kier molecular flexibility index (Phi) is 6.38. The quantitative estimate of drug-likeness (QED) is 0.613. The van der Waals surface area contributed by atoms with Gasteiger partial charge in [-0.05, 0) is 44.4 Å². The van der Waals surface area contributed by atoms with Crippen LogP contribution in [-0.2, 0) is 21.2 Å². The van der Waals surface area contributed by atoms with Gasteiger partial charge in [0.15, 0.2) is 0 Å². The minimum absolute atomic E-state index is 0.0237. The lowest BCUT2D eigenvalue weighted by Crippen LogP contribution is -2.43. The molecule has 0 saturated carbocycles. The first-order chi connectivity index (χ1) is 15.3. The molecular formula is C23H26N4O4S. The summed E-state index contributed by atoms with van der Waals surface area (Å²) in [4.78, 5) is 13.0. The molecule has 9 heteroatoms. The number of aromatic nitrogens is 2. The highest BCUT2D eigenvalue weighted by Crippen LogP contribution is 2.25. The summed E-state index contributed by atoms with van der Waals surface area (Å²) in [7, 11) is -3.65. The second kappa shape index (κ2) is 9.22. The van der Waals surface area contributed by atoms with Gasteiger partial charge in [-0.25, -0.2) is 8.42 Å². The summed E-state index contributed by atoms with van der Waals surface area (Å²) in [5.41, 5.74) is 3.18. The molecule has 0 bridgehead atoms. The number of anilines is 1. The third kappa shape index (κ3) is 5.05. The number of piperidine rings is 1. The first-order valence-electron chi connectivity index (χ1n) is 10.6. The van der Waals surface area contributed by atoms with E-state index < -0.39 is 15.9 Å². The van der Waals surface area contributed by atoms with Gasteiger partial charge in [0.25, 0.3) is 0 Å². The molecule has 1 aromatic heterocycles. The van der Waals surface area contributed by atoms with Crippen LogP contribution in [0.5, 0.6) is 0 Å². The lowest BCUT2D eigenvalue weighted by Gasteiger charge is -2.30. The van der Waals surface area contributed by atoms with Gasteiger partial charge in [-0.1, -0.05) is 52.6 Å². The summed E-state index contributed by atoms with van der Waals surface area (Å²) in [6, 6.07) is 14.8. The van der Waals surface area contributed by atoms with Crippen LogP contribution in [0.2, 0.25) is 0 Å². The number of amides is 1. The third-order valence-electron chi connectivity index (χ3n) is 5.59. The molecule has 168 valence electrons. The predicted octanol–water partition coefficient (Wildman–Crippen LogP) is 3.32. The first-order valence-corrected chi connectivity index (χ1v) is 12.0. The SMILES string of the molecule is Cc1ccc(Cc2nnc(NC(=O)C3CCCN(S(=O)(=O)c4ccc(C)cc4)C3)o2)cc1. The van der Waals surface area contributed by atoms with Crippen molar-refractivity contribution in [2.75, 3.05) is 18.4 Å². The molecule has 32 heavy (non-hydrogen) atoms. The molecule has 4 rings (SSSR count). The van der Waals surface area contributed by atoms with Crippen LogP contribution in [0.4, 0.5) is 6.01 Å². The highest BCUT2D eigenvalue weighted by atomic mass is 32.2. The Morgan fingerprint density at radius 2 is 1.72 bits per heavy atom. The number of hydrogen-bond donors (Lipinski definition) is 1. The van der Waals surface area contributed by atoms with E-state index in [1.165, 1.54) is 4.31 Å². The standard InChI is InChI=1S/C23H26N4O4S/c1-16-5-9-18(10-6-16)14-21-25-26-23(31-21)24-22(28)19-4-3-13-27(15-19)32(29,30)20-11-7-17(2)8-12-20/h5-12,19H,3-4,13-15H2,1-2H3,(H,24,26,28). The predicted molar refractivity (Wildman–Crippen MR) is 120 cm³/mol. The van der Waals surface area contributed by atoms with Gasteiger partial charge in [-0.3, -0.25) is 10.1 Å². The fourth-order valence-corrected chi connectivity index (χ4v) is 5.22. The summed E-state index contributed by atoms with van der Waals surface area (Å²) in [6.45, 7) is 4.43. The maximum absolute atomic E-state index is 13.0. The molecule has 3 aromatic rings. The van der Waals surface area contributed by atoms with Gasteiger partial charge in [0.05, 0.1) is 17.2 Å². The van der Waals surface area contributed by atoms with Crippen molar-refractivity contribution < 1.29 is 17.6 Å². The van der Waals surface area contributed by atoms with Crippen LogP contribution in [-0.4, -0.2) is 41.9 Å². The van der Waals surface area contributed by atoms with E-state index in [9.17, 15) is 13.2 Å². The fraction of sp³-hybridized carbons (Fsp3) is 0.348. The van der Waals surface area contributed by atoms with Crippen LogP contribution in [0.1, 0.15) is 35.4 Å². The zero-order chi connectivity index (χ0) is 22.7. The van der Waals surface area contributed by atoms with Gasteiger partial charge >= 0.3 is 6.01 Å². The van der Waals surface area contributed by atoms with Crippen molar-refractivity contribution in [3.05, 3.63) is 71.1 Å². The molecule has 8 nitrogen and oxygen atoms in total. The van der Waals surface area contributed by atoms with Crippen LogP contribution in [0.15, 0.2) is 57.8 Å². The number of hydrogen-bond acceptors (Lipinski definition) is 6. The summed E-state index contributed by atoms with van der Waals surface area (Å²) >= 11 is 0. The fourth-order valence-electron chi connectivity index (χ4n) is 3.70. The molecule has 1 fully saturated rings. The van der Waals surface area contributed by atoms with Crippen molar-refractivity contribution in [2.24, 2.45) is 5.92 Å². The number of nitrogens with one attached hydrogen (secondary N) is 1. The van der Waals surface area contributed by atoms with E-state index in [-0.39, 0.29) is 23.4 Å². The van der Waals surface area contributed by atoms with Crippen LogP contribution in [0.3, 0.4) is 0 Å². The van der Waals surface area contributed by atoms with E-state index in [4.69, 9.17) is 4.42 Å². The highest BCUT2D eigenvalue weighted by Gasteiger charge is 2.33. The monoisotopic (exact) mass is 454 g/mol. The molecule has 1 aliphatic heterocycles. The van der Waals surface area contributed by atoms with Gasteiger partial charge in [0.1, 0.15) is 0 Å². The van der Waals surface area contributed by atoms with Crippen molar-refractivity contribution in [1.82, 2.24) is 14.5 Å². The molecule has 0 spiro atoms. The number of nitrogens with zero attached hydrogens (tertiary/aromatic N) is 3. The summed E-state index contributed by atoms with van der Waals surface area (Å²) in [6.07, 6.45) is 1.66. The van der Waals surface area contributed by atoms with E-state index in [1.807, 2.05) is 38.1 Å². The lowest BCUT2D eigenvalue weighted by atomic mass is 9.99. The van der Waals surface area contributed by atoms with Crippen LogP contribution >= 0.6 is 0 Å². The minimum Gasteiger partial charge on any atom is -0.407 e. The van der Waals surface area contributed by atoms with Gasteiger partial charge < -0.3 is 4.42 Å². The number of rotatable bonds is 6. The summed E-state index contributed by atoms with van der Waals surface area (Å²) in [5, 5.41) is 10.5.